The molecule has 0 bridgehead atoms. The first kappa shape index (κ1) is 14.2. The van der Waals surface area contributed by atoms with Crippen LogP contribution in [-0.4, -0.2) is 28.9 Å². The zero-order valence-corrected chi connectivity index (χ0v) is 13.1. The van der Waals surface area contributed by atoms with E-state index in [-0.39, 0.29) is 5.91 Å². The van der Waals surface area contributed by atoms with Gasteiger partial charge < -0.3 is 9.64 Å². The summed E-state index contributed by atoms with van der Waals surface area (Å²) in [4.78, 5) is 18.9. The molecule has 1 saturated carbocycles. The summed E-state index contributed by atoms with van der Waals surface area (Å²) in [6.45, 7) is 2.15. The van der Waals surface area contributed by atoms with Crippen LogP contribution in [-0.2, 0) is 13.0 Å². The van der Waals surface area contributed by atoms with Crippen molar-refractivity contribution in [2.24, 2.45) is 5.92 Å². The van der Waals surface area contributed by atoms with Crippen LogP contribution in [0.15, 0.2) is 42.6 Å². The van der Waals surface area contributed by atoms with E-state index in [1.807, 2.05) is 11.0 Å². The highest BCUT2D eigenvalue weighted by Crippen LogP contribution is 2.29. The minimum absolute atomic E-state index is 0.0539. The van der Waals surface area contributed by atoms with Gasteiger partial charge in [0.25, 0.3) is 5.91 Å². The maximum Gasteiger partial charge on any atom is 0.254 e. The summed E-state index contributed by atoms with van der Waals surface area (Å²) in [7, 11) is 0. The van der Waals surface area contributed by atoms with Crippen molar-refractivity contribution in [3.05, 3.63) is 59.3 Å². The number of hydrogen-bond acceptors (Lipinski definition) is 3. The van der Waals surface area contributed by atoms with Gasteiger partial charge in [-0.15, -0.1) is 0 Å². The van der Waals surface area contributed by atoms with Gasteiger partial charge in [0.15, 0.2) is 0 Å². The van der Waals surface area contributed by atoms with Gasteiger partial charge in [0, 0.05) is 30.9 Å². The maximum absolute atomic E-state index is 12.8. The standard InChI is InChI=1S/C19H20N2O2/c22-19(21-10-8-15-3-1-2-4-17(15)12-21)16-7-9-20-18(11-16)23-13-14-5-6-14/h1-4,7,9,11,14H,5-6,8,10,12-13H2. The summed E-state index contributed by atoms with van der Waals surface area (Å²) < 4.78 is 5.68. The number of benzene rings is 1. The first-order valence-electron chi connectivity index (χ1n) is 8.24. The van der Waals surface area contributed by atoms with Gasteiger partial charge in [0.1, 0.15) is 0 Å². The third-order valence-corrected chi connectivity index (χ3v) is 4.56. The van der Waals surface area contributed by atoms with Crippen molar-refractivity contribution in [1.82, 2.24) is 9.88 Å². The van der Waals surface area contributed by atoms with Crippen molar-refractivity contribution in [3.63, 3.8) is 0 Å². The van der Waals surface area contributed by atoms with Gasteiger partial charge in [-0.1, -0.05) is 24.3 Å². The lowest BCUT2D eigenvalue weighted by Gasteiger charge is -2.29. The Kier molecular flexibility index (Phi) is 3.74. The predicted molar refractivity (Wildman–Crippen MR) is 87.3 cm³/mol. The maximum atomic E-state index is 12.8. The van der Waals surface area contributed by atoms with Gasteiger partial charge in [-0.2, -0.15) is 0 Å². The highest BCUT2D eigenvalue weighted by atomic mass is 16.5. The monoisotopic (exact) mass is 308 g/mol. The molecule has 1 aliphatic heterocycles. The smallest absolute Gasteiger partial charge is 0.254 e. The summed E-state index contributed by atoms with van der Waals surface area (Å²) in [6.07, 6.45) is 5.06. The van der Waals surface area contributed by atoms with E-state index < -0.39 is 0 Å². The Labute approximate surface area is 136 Å². The number of hydrogen-bond donors (Lipinski definition) is 0. The second-order valence-electron chi connectivity index (χ2n) is 6.38. The van der Waals surface area contributed by atoms with Crippen LogP contribution < -0.4 is 4.74 Å². The largest absolute Gasteiger partial charge is 0.477 e. The molecule has 0 N–H and O–H groups in total. The van der Waals surface area contributed by atoms with E-state index in [1.165, 1.54) is 24.0 Å². The molecule has 0 atom stereocenters. The van der Waals surface area contributed by atoms with Crippen molar-refractivity contribution in [2.75, 3.05) is 13.2 Å². The summed E-state index contributed by atoms with van der Waals surface area (Å²) in [6, 6.07) is 11.9. The van der Waals surface area contributed by atoms with E-state index in [2.05, 4.69) is 23.2 Å². The van der Waals surface area contributed by atoms with E-state index in [4.69, 9.17) is 4.74 Å². The number of rotatable bonds is 4. The number of amides is 1. The van der Waals surface area contributed by atoms with Crippen LogP contribution in [0.25, 0.3) is 0 Å². The highest BCUT2D eigenvalue weighted by molar-refractivity contribution is 5.94. The molecule has 2 heterocycles. The molecule has 1 fully saturated rings. The van der Waals surface area contributed by atoms with Crippen molar-refractivity contribution < 1.29 is 9.53 Å². The van der Waals surface area contributed by atoms with Gasteiger partial charge in [0.2, 0.25) is 5.88 Å². The normalized spacial score (nSPS) is 16.8. The number of fused-ring (bicyclic) bond motifs is 1. The van der Waals surface area contributed by atoms with Crippen molar-refractivity contribution >= 4 is 5.91 Å². The van der Waals surface area contributed by atoms with Crippen molar-refractivity contribution in [1.29, 1.82) is 0 Å². The van der Waals surface area contributed by atoms with E-state index >= 15 is 0 Å². The quantitative estimate of drug-likeness (QED) is 0.872. The molecule has 1 amide bonds. The third-order valence-electron chi connectivity index (χ3n) is 4.56. The lowest BCUT2D eigenvalue weighted by atomic mass is 9.99. The number of carbonyl (C=O) groups excluding carboxylic acids is 1. The highest BCUT2D eigenvalue weighted by Gasteiger charge is 2.24. The zero-order chi connectivity index (χ0) is 15.6. The first-order valence-corrected chi connectivity index (χ1v) is 8.24. The molecule has 0 radical (unpaired) electrons. The van der Waals surface area contributed by atoms with Crippen LogP contribution in [0.1, 0.15) is 34.3 Å². The Morgan fingerprint density at radius 1 is 1.22 bits per heavy atom. The molecule has 1 aromatic carbocycles. The van der Waals surface area contributed by atoms with Crippen molar-refractivity contribution in [3.8, 4) is 5.88 Å². The van der Waals surface area contributed by atoms with Crippen molar-refractivity contribution in [2.45, 2.75) is 25.8 Å². The first-order chi connectivity index (χ1) is 11.3. The lowest BCUT2D eigenvalue weighted by Crippen LogP contribution is -2.35. The second-order valence-corrected chi connectivity index (χ2v) is 6.38. The topological polar surface area (TPSA) is 42.4 Å². The summed E-state index contributed by atoms with van der Waals surface area (Å²) in [5, 5.41) is 0. The van der Waals surface area contributed by atoms with E-state index in [0.29, 0.717) is 30.5 Å². The summed E-state index contributed by atoms with van der Waals surface area (Å²) in [5.41, 5.74) is 3.25. The molecule has 1 aromatic heterocycles. The number of carbonyl (C=O) groups is 1. The van der Waals surface area contributed by atoms with Crippen LogP contribution in [0.5, 0.6) is 5.88 Å². The molecule has 1 aliphatic carbocycles. The van der Waals surface area contributed by atoms with Crippen LogP contribution in [0.3, 0.4) is 0 Å². The average molecular weight is 308 g/mol. The van der Waals surface area contributed by atoms with E-state index in [9.17, 15) is 4.79 Å². The minimum atomic E-state index is 0.0539. The summed E-state index contributed by atoms with van der Waals surface area (Å²) in [5.74, 6) is 1.29. The molecule has 2 aliphatic rings. The zero-order valence-electron chi connectivity index (χ0n) is 13.1. The fraction of sp³-hybridized carbons (Fsp3) is 0.368. The van der Waals surface area contributed by atoms with E-state index in [1.54, 1.807) is 18.3 Å². The van der Waals surface area contributed by atoms with Crippen LogP contribution in [0.4, 0.5) is 0 Å². The molecule has 0 spiro atoms. The number of pyridine rings is 1. The van der Waals surface area contributed by atoms with Crippen LogP contribution in [0.2, 0.25) is 0 Å². The molecule has 4 nitrogen and oxygen atoms in total. The Balaban J connectivity index is 1.47. The molecule has 0 saturated heterocycles. The third kappa shape index (κ3) is 3.21. The Morgan fingerprint density at radius 3 is 2.87 bits per heavy atom. The average Bonchev–Trinajstić information content (AvgIpc) is 3.43. The fourth-order valence-corrected chi connectivity index (χ4v) is 2.96. The fourth-order valence-electron chi connectivity index (χ4n) is 2.96. The van der Waals surface area contributed by atoms with Crippen LogP contribution >= 0.6 is 0 Å². The predicted octanol–water partition coefficient (Wildman–Crippen LogP) is 3.07. The molecule has 4 rings (SSSR count). The SMILES string of the molecule is O=C(c1ccnc(OCC2CC2)c1)N1CCc2ccccc2C1. The van der Waals surface area contributed by atoms with Gasteiger partial charge in [-0.25, -0.2) is 4.98 Å². The molecule has 4 heteroatoms. The van der Waals surface area contributed by atoms with Crippen LogP contribution in [0, 0.1) is 5.92 Å². The molecule has 0 unspecified atom stereocenters. The number of aromatic nitrogens is 1. The lowest BCUT2D eigenvalue weighted by molar-refractivity contribution is 0.0734. The molecular weight excluding hydrogens is 288 g/mol. The molecular formula is C19H20N2O2. The van der Waals surface area contributed by atoms with E-state index in [0.717, 1.165) is 13.0 Å². The molecule has 118 valence electrons. The van der Waals surface area contributed by atoms with Gasteiger partial charge >= 0.3 is 0 Å². The minimum Gasteiger partial charge on any atom is -0.477 e. The Bertz CT molecular complexity index is 725. The summed E-state index contributed by atoms with van der Waals surface area (Å²) >= 11 is 0. The molecule has 23 heavy (non-hydrogen) atoms. The number of ether oxygens (including phenoxy) is 1. The Morgan fingerprint density at radius 2 is 2.04 bits per heavy atom. The second kappa shape index (κ2) is 6.03. The van der Waals surface area contributed by atoms with Gasteiger partial charge in [0.05, 0.1) is 6.61 Å². The molecule has 2 aromatic rings. The number of nitrogens with zero attached hydrogens (tertiary/aromatic N) is 2. The Hall–Kier alpha value is -2.36. The van der Waals surface area contributed by atoms with Gasteiger partial charge in [-0.05, 0) is 42.4 Å². The van der Waals surface area contributed by atoms with Gasteiger partial charge in [-0.3, -0.25) is 4.79 Å².